The summed E-state index contributed by atoms with van der Waals surface area (Å²) in [5.74, 6) is -0.455. The first kappa shape index (κ1) is 17.3. The van der Waals surface area contributed by atoms with Crippen molar-refractivity contribution in [3.05, 3.63) is 53.5 Å². The lowest BCUT2D eigenvalue weighted by Gasteiger charge is -2.11. The Labute approximate surface area is 148 Å². The van der Waals surface area contributed by atoms with Crippen molar-refractivity contribution in [1.82, 2.24) is 20.2 Å². The van der Waals surface area contributed by atoms with Crippen LogP contribution in [0.25, 0.3) is 5.69 Å². The number of benzene rings is 1. The van der Waals surface area contributed by atoms with E-state index in [9.17, 15) is 9.59 Å². The number of nitrogens with one attached hydrogen (secondary N) is 1. The van der Waals surface area contributed by atoms with E-state index in [0.717, 1.165) is 0 Å². The zero-order valence-corrected chi connectivity index (χ0v) is 14.5. The predicted octanol–water partition coefficient (Wildman–Crippen LogP) is 2.06. The number of aryl methyl sites for hydroxylation is 2. The summed E-state index contributed by atoms with van der Waals surface area (Å²) in [5, 5.41) is 14.5. The van der Waals surface area contributed by atoms with Gasteiger partial charge in [-0.15, -0.1) is 5.10 Å². The summed E-state index contributed by atoms with van der Waals surface area (Å²) in [7, 11) is 0. The molecule has 1 amide bonds. The van der Waals surface area contributed by atoms with E-state index in [1.165, 1.54) is 11.7 Å². The van der Waals surface area contributed by atoms with Crippen molar-refractivity contribution in [3.63, 3.8) is 0 Å². The van der Waals surface area contributed by atoms with E-state index in [4.69, 9.17) is 9.26 Å². The minimum atomic E-state index is -1.04. The van der Waals surface area contributed by atoms with Crippen molar-refractivity contribution in [1.29, 1.82) is 0 Å². The summed E-state index contributed by atoms with van der Waals surface area (Å²) in [6, 6.07) is 10.7. The minimum Gasteiger partial charge on any atom is -0.448 e. The van der Waals surface area contributed by atoms with Gasteiger partial charge in [0.1, 0.15) is 5.76 Å². The average molecular weight is 355 g/mol. The summed E-state index contributed by atoms with van der Waals surface area (Å²) in [5.41, 5.74) is 1.16. The molecule has 2 heterocycles. The second kappa shape index (κ2) is 7.18. The van der Waals surface area contributed by atoms with Crippen LogP contribution in [0.3, 0.4) is 0 Å². The molecule has 0 spiro atoms. The molecule has 0 aliphatic rings. The number of nitrogens with zero attached hydrogens (tertiary/aromatic N) is 4. The fraction of sp³-hybridized carbons (Fsp3) is 0.235. The van der Waals surface area contributed by atoms with Crippen molar-refractivity contribution < 1.29 is 18.8 Å². The molecule has 0 unspecified atom stereocenters. The highest BCUT2D eigenvalue weighted by atomic mass is 16.5. The molecule has 0 radical (unpaired) electrons. The second-order valence-electron chi connectivity index (χ2n) is 5.62. The fourth-order valence-corrected chi connectivity index (χ4v) is 2.17. The van der Waals surface area contributed by atoms with Crippen molar-refractivity contribution in [2.75, 3.05) is 5.32 Å². The maximum atomic E-state index is 12.3. The molecule has 9 heteroatoms. The van der Waals surface area contributed by atoms with Crippen LogP contribution in [-0.4, -0.2) is 38.1 Å². The molecule has 26 heavy (non-hydrogen) atoms. The van der Waals surface area contributed by atoms with Gasteiger partial charge < -0.3 is 14.6 Å². The Hall–Kier alpha value is -3.49. The molecule has 0 aliphatic carbocycles. The van der Waals surface area contributed by atoms with Crippen molar-refractivity contribution in [3.8, 4) is 5.69 Å². The zero-order valence-electron chi connectivity index (χ0n) is 14.5. The van der Waals surface area contributed by atoms with Gasteiger partial charge in [-0.3, -0.25) is 4.79 Å². The van der Waals surface area contributed by atoms with Gasteiger partial charge in [0, 0.05) is 6.07 Å². The Morgan fingerprint density at radius 3 is 2.58 bits per heavy atom. The van der Waals surface area contributed by atoms with E-state index in [0.29, 0.717) is 17.1 Å². The van der Waals surface area contributed by atoms with Crippen LogP contribution in [0.1, 0.15) is 28.9 Å². The lowest BCUT2D eigenvalue weighted by Crippen LogP contribution is -2.30. The summed E-state index contributed by atoms with van der Waals surface area (Å²) >= 11 is 0. The number of hydrogen-bond donors (Lipinski definition) is 1. The number of carbonyl (C=O) groups is 2. The highest BCUT2D eigenvalue weighted by molar-refractivity contribution is 5.96. The SMILES string of the molecule is Cc1cc(NC(=O)[C@@H](C)OC(=O)c2nn(-c3ccccc3)nc2C)no1. The minimum absolute atomic E-state index is 0.0470. The number of amides is 1. The van der Waals surface area contributed by atoms with E-state index < -0.39 is 18.0 Å². The van der Waals surface area contributed by atoms with Crippen LogP contribution in [0.5, 0.6) is 0 Å². The predicted molar refractivity (Wildman–Crippen MR) is 90.8 cm³/mol. The van der Waals surface area contributed by atoms with Gasteiger partial charge >= 0.3 is 5.97 Å². The summed E-state index contributed by atoms with van der Waals surface area (Å²) in [4.78, 5) is 25.8. The molecule has 9 nitrogen and oxygen atoms in total. The van der Waals surface area contributed by atoms with Gasteiger partial charge in [0.2, 0.25) is 0 Å². The molecule has 1 atom stereocenters. The molecule has 1 aromatic carbocycles. The van der Waals surface area contributed by atoms with Crippen LogP contribution in [0.4, 0.5) is 5.82 Å². The largest absolute Gasteiger partial charge is 0.448 e. The Kier molecular flexibility index (Phi) is 4.78. The van der Waals surface area contributed by atoms with Gasteiger partial charge in [-0.25, -0.2) is 4.79 Å². The first-order chi connectivity index (χ1) is 12.4. The molecule has 134 valence electrons. The molecule has 3 aromatic rings. The van der Waals surface area contributed by atoms with Crippen LogP contribution in [-0.2, 0) is 9.53 Å². The molecule has 3 rings (SSSR count). The molecule has 0 aliphatic heterocycles. The maximum absolute atomic E-state index is 12.3. The number of carbonyl (C=O) groups excluding carboxylic acids is 2. The van der Waals surface area contributed by atoms with Crippen LogP contribution in [0.2, 0.25) is 0 Å². The van der Waals surface area contributed by atoms with Crippen LogP contribution >= 0.6 is 0 Å². The number of aromatic nitrogens is 4. The summed E-state index contributed by atoms with van der Waals surface area (Å²) in [6.07, 6.45) is -1.04. The second-order valence-corrected chi connectivity index (χ2v) is 5.62. The Bertz CT molecular complexity index is 932. The Morgan fingerprint density at radius 1 is 1.19 bits per heavy atom. The van der Waals surface area contributed by atoms with Crippen LogP contribution in [0.15, 0.2) is 40.9 Å². The number of ether oxygens (including phenoxy) is 1. The summed E-state index contributed by atoms with van der Waals surface area (Å²) in [6.45, 7) is 4.80. The molecule has 0 saturated heterocycles. The number of anilines is 1. The number of hydrogen-bond acceptors (Lipinski definition) is 7. The van der Waals surface area contributed by atoms with Gasteiger partial charge in [-0.2, -0.15) is 9.90 Å². The van der Waals surface area contributed by atoms with Gasteiger partial charge in [0.15, 0.2) is 17.6 Å². The van der Waals surface area contributed by atoms with Gasteiger partial charge in [-0.1, -0.05) is 23.4 Å². The number of esters is 1. The molecule has 1 N–H and O–H groups in total. The molecule has 0 bridgehead atoms. The van der Waals surface area contributed by atoms with Crippen molar-refractivity contribution >= 4 is 17.7 Å². The monoisotopic (exact) mass is 355 g/mol. The standard InChI is InChI=1S/C17H17N5O4/c1-10-9-14(21-26-10)18-16(23)12(3)25-17(24)15-11(2)19-22(20-15)13-7-5-4-6-8-13/h4-9,12H,1-3H3,(H,18,21,23)/t12-/m1/s1. The number of rotatable bonds is 5. The van der Waals surface area contributed by atoms with E-state index in [-0.39, 0.29) is 11.5 Å². The summed E-state index contributed by atoms with van der Waals surface area (Å²) < 4.78 is 10.0. The third kappa shape index (κ3) is 3.77. The third-order valence-electron chi connectivity index (χ3n) is 3.49. The van der Waals surface area contributed by atoms with Crippen molar-refractivity contribution in [2.45, 2.75) is 26.9 Å². The smallest absolute Gasteiger partial charge is 0.361 e. The van der Waals surface area contributed by atoms with Crippen LogP contribution in [0, 0.1) is 13.8 Å². The average Bonchev–Trinajstić information content (AvgIpc) is 3.21. The normalized spacial score (nSPS) is 11.8. The quantitative estimate of drug-likeness (QED) is 0.697. The Morgan fingerprint density at radius 2 is 1.92 bits per heavy atom. The van der Waals surface area contributed by atoms with E-state index in [2.05, 4.69) is 20.7 Å². The zero-order chi connectivity index (χ0) is 18.7. The Balaban J connectivity index is 1.67. The number of para-hydroxylation sites is 1. The van der Waals surface area contributed by atoms with Gasteiger partial charge in [0.05, 0.1) is 11.4 Å². The maximum Gasteiger partial charge on any atom is 0.361 e. The van der Waals surface area contributed by atoms with Gasteiger partial charge in [-0.05, 0) is 32.9 Å². The fourth-order valence-electron chi connectivity index (χ4n) is 2.17. The highest BCUT2D eigenvalue weighted by Crippen LogP contribution is 2.12. The van der Waals surface area contributed by atoms with E-state index in [1.54, 1.807) is 19.9 Å². The molecule has 0 saturated carbocycles. The first-order valence-corrected chi connectivity index (χ1v) is 7.88. The lowest BCUT2D eigenvalue weighted by atomic mass is 10.3. The highest BCUT2D eigenvalue weighted by Gasteiger charge is 2.24. The van der Waals surface area contributed by atoms with Crippen LogP contribution < -0.4 is 5.32 Å². The van der Waals surface area contributed by atoms with E-state index in [1.807, 2.05) is 30.3 Å². The third-order valence-corrected chi connectivity index (χ3v) is 3.49. The van der Waals surface area contributed by atoms with E-state index >= 15 is 0 Å². The molecular formula is C17H17N5O4. The topological polar surface area (TPSA) is 112 Å². The molecule has 0 fully saturated rings. The molecular weight excluding hydrogens is 338 g/mol. The lowest BCUT2D eigenvalue weighted by molar-refractivity contribution is -0.123. The first-order valence-electron chi connectivity index (χ1n) is 7.88. The van der Waals surface area contributed by atoms with Crippen molar-refractivity contribution in [2.24, 2.45) is 0 Å². The molecule has 2 aromatic heterocycles. The van der Waals surface area contributed by atoms with Gasteiger partial charge in [0.25, 0.3) is 5.91 Å².